The molecule has 2 N–H and O–H groups in total. The van der Waals surface area contributed by atoms with Gasteiger partial charge in [-0.1, -0.05) is 43.3 Å². The molecule has 1 aliphatic heterocycles. The Bertz CT molecular complexity index is 936. The van der Waals surface area contributed by atoms with E-state index in [1.54, 1.807) is 6.07 Å². The first-order valence-electron chi connectivity index (χ1n) is 11.4. The topological polar surface area (TPSA) is 78.5 Å². The van der Waals surface area contributed by atoms with Gasteiger partial charge in [-0.2, -0.15) is 0 Å². The lowest BCUT2D eigenvalue weighted by Gasteiger charge is -2.36. The van der Waals surface area contributed by atoms with E-state index in [-0.39, 0.29) is 29.7 Å². The van der Waals surface area contributed by atoms with Crippen molar-refractivity contribution in [1.82, 2.24) is 15.5 Å². The lowest BCUT2D eigenvalue weighted by atomic mass is 9.88. The molecule has 0 aliphatic carbocycles. The van der Waals surface area contributed by atoms with Gasteiger partial charge in [-0.25, -0.2) is 0 Å². The number of hydrogen-bond donors (Lipinski definition) is 2. The number of nitrogens with zero attached hydrogens (tertiary/aromatic N) is 1. The molecule has 2 aromatic rings. The fraction of sp³-hybridized carbons (Fsp3) is 0.423. The highest BCUT2D eigenvalue weighted by Crippen LogP contribution is 2.23. The molecular weight excluding hydrogens is 402 g/mol. The second kappa shape index (κ2) is 10.9. The third-order valence-corrected chi connectivity index (χ3v) is 6.28. The molecule has 0 saturated carbocycles. The molecule has 0 radical (unpaired) electrons. The Kier molecular flexibility index (Phi) is 8.03. The van der Waals surface area contributed by atoms with Gasteiger partial charge in [-0.15, -0.1) is 0 Å². The number of piperidine rings is 1. The van der Waals surface area contributed by atoms with Crippen LogP contribution in [0, 0.1) is 12.8 Å². The van der Waals surface area contributed by atoms with Crippen molar-refractivity contribution in [2.45, 2.75) is 52.1 Å². The lowest BCUT2D eigenvalue weighted by Crippen LogP contribution is -2.55. The molecule has 2 aromatic carbocycles. The van der Waals surface area contributed by atoms with Gasteiger partial charge in [0, 0.05) is 30.3 Å². The molecule has 3 rings (SSSR count). The van der Waals surface area contributed by atoms with E-state index in [1.165, 1.54) is 0 Å². The first-order valence-corrected chi connectivity index (χ1v) is 11.4. The average Bonchev–Trinajstić information content (AvgIpc) is 2.82. The maximum atomic E-state index is 13.1. The van der Waals surface area contributed by atoms with Crippen LogP contribution in [0.15, 0.2) is 54.6 Å². The first-order chi connectivity index (χ1) is 15.4. The zero-order valence-corrected chi connectivity index (χ0v) is 19.1. The van der Waals surface area contributed by atoms with Gasteiger partial charge in [0.1, 0.15) is 6.04 Å². The summed E-state index contributed by atoms with van der Waals surface area (Å²) in [5.41, 5.74) is 2.12. The Labute approximate surface area is 190 Å². The van der Waals surface area contributed by atoms with Crippen molar-refractivity contribution in [1.29, 1.82) is 0 Å². The summed E-state index contributed by atoms with van der Waals surface area (Å²) in [7, 11) is 0. The van der Waals surface area contributed by atoms with Crippen LogP contribution in [0.1, 0.15) is 59.4 Å². The Hall–Kier alpha value is -3.15. The number of nitrogens with one attached hydrogen (secondary N) is 2. The highest BCUT2D eigenvalue weighted by molar-refractivity contribution is 5.98. The van der Waals surface area contributed by atoms with E-state index in [0.29, 0.717) is 37.1 Å². The minimum Gasteiger partial charge on any atom is -0.352 e. The van der Waals surface area contributed by atoms with Gasteiger partial charge in [-0.05, 0) is 62.8 Å². The third-order valence-electron chi connectivity index (χ3n) is 6.28. The van der Waals surface area contributed by atoms with Gasteiger partial charge in [0.25, 0.3) is 11.8 Å². The summed E-state index contributed by atoms with van der Waals surface area (Å²) in [6.45, 7) is 6.98. The van der Waals surface area contributed by atoms with Crippen molar-refractivity contribution in [3.05, 3.63) is 71.3 Å². The lowest BCUT2D eigenvalue weighted by molar-refractivity contribution is -0.125. The number of hydrogen-bond acceptors (Lipinski definition) is 3. The van der Waals surface area contributed by atoms with Crippen molar-refractivity contribution in [2.24, 2.45) is 5.92 Å². The Balaban J connectivity index is 1.71. The highest BCUT2D eigenvalue weighted by atomic mass is 16.2. The predicted octanol–water partition coefficient (Wildman–Crippen LogP) is 3.56. The van der Waals surface area contributed by atoms with E-state index in [9.17, 15) is 14.4 Å². The summed E-state index contributed by atoms with van der Waals surface area (Å²) < 4.78 is 0. The molecule has 170 valence electrons. The molecule has 2 atom stereocenters. The zero-order valence-electron chi connectivity index (χ0n) is 19.1. The summed E-state index contributed by atoms with van der Waals surface area (Å²) in [5, 5.41) is 6.02. The summed E-state index contributed by atoms with van der Waals surface area (Å²) in [5.74, 6) is -0.426. The van der Waals surface area contributed by atoms with E-state index in [0.717, 1.165) is 12.0 Å². The van der Waals surface area contributed by atoms with E-state index < -0.39 is 6.04 Å². The molecule has 6 nitrogen and oxygen atoms in total. The second-order valence-electron chi connectivity index (χ2n) is 8.58. The normalized spacial score (nSPS) is 16.2. The molecule has 1 fully saturated rings. The van der Waals surface area contributed by atoms with Crippen LogP contribution in [0.2, 0.25) is 0 Å². The largest absolute Gasteiger partial charge is 0.352 e. The predicted molar refractivity (Wildman–Crippen MR) is 125 cm³/mol. The SMILES string of the molecule is CC[C@@H](C)NC(=O)[C@H](NC(=O)c1ccccc1C)C1CCN(C(=O)c2ccccc2)CC1. The standard InChI is InChI=1S/C26H33N3O3/c1-4-19(3)27-25(31)23(28-24(30)22-13-9-8-10-18(22)2)20-14-16-29(17-15-20)26(32)21-11-6-5-7-12-21/h5-13,19-20,23H,4,14-17H2,1-3H3,(H,27,31)(H,28,30)/t19-,23-/m1/s1. The fourth-order valence-electron chi connectivity index (χ4n) is 4.08. The van der Waals surface area contributed by atoms with Crippen LogP contribution in [0.3, 0.4) is 0 Å². The second-order valence-corrected chi connectivity index (χ2v) is 8.58. The summed E-state index contributed by atoms with van der Waals surface area (Å²) in [6.07, 6.45) is 2.13. The van der Waals surface area contributed by atoms with E-state index in [2.05, 4.69) is 10.6 Å². The Morgan fingerprint density at radius 1 is 0.969 bits per heavy atom. The van der Waals surface area contributed by atoms with Gasteiger partial charge in [0.15, 0.2) is 0 Å². The Morgan fingerprint density at radius 2 is 1.59 bits per heavy atom. The van der Waals surface area contributed by atoms with Gasteiger partial charge in [0.2, 0.25) is 5.91 Å². The summed E-state index contributed by atoms with van der Waals surface area (Å²) in [6, 6.07) is 16.0. The molecule has 0 unspecified atom stereocenters. The summed E-state index contributed by atoms with van der Waals surface area (Å²) in [4.78, 5) is 40.7. The fourth-order valence-corrected chi connectivity index (χ4v) is 4.08. The number of carbonyl (C=O) groups excluding carboxylic acids is 3. The number of likely N-dealkylation sites (tertiary alicyclic amines) is 1. The molecule has 1 saturated heterocycles. The van der Waals surface area contributed by atoms with Crippen LogP contribution < -0.4 is 10.6 Å². The maximum Gasteiger partial charge on any atom is 0.253 e. The van der Waals surface area contributed by atoms with Gasteiger partial charge in [0.05, 0.1) is 0 Å². The quantitative estimate of drug-likeness (QED) is 0.698. The van der Waals surface area contributed by atoms with Gasteiger partial charge >= 0.3 is 0 Å². The molecular formula is C26H33N3O3. The summed E-state index contributed by atoms with van der Waals surface area (Å²) >= 11 is 0. The smallest absolute Gasteiger partial charge is 0.253 e. The number of aryl methyl sites for hydroxylation is 1. The molecule has 0 spiro atoms. The minimum atomic E-state index is -0.634. The van der Waals surface area contributed by atoms with Gasteiger partial charge in [-0.3, -0.25) is 14.4 Å². The molecule has 0 bridgehead atoms. The first kappa shape index (κ1) is 23.5. The molecule has 6 heteroatoms. The van der Waals surface area contributed by atoms with Crippen LogP contribution in [0.5, 0.6) is 0 Å². The van der Waals surface area contributed by atoms with Gasteiger partial charge < -0.3 is 15.5 Å². The third kappa shape index (κ3) is 5.75. The van der Waals surface area contributed by atoms with Crippen molar-refractivity contribution >= 4 is 17.7 Å². The monoisotopic (exact) mass is 435 g/mol. The number of carbonyl (C=O) groups is 3. The zero-order chi connectivity index (χ0) is 23.1. The van der Waals surface area contributed by atoms with Crippen LogP contribution in [0.25, 0.3) is 0 Å². The van der Waals surface area contributed by atoms with Crippen LogP contribution in [0.4, 0.5) is 0 Å². The van der Waals surface area contributed by atoms with Crippen molar-refractivity contribution in [3.8, 4) is 0 Å². The maximum absolute atomic E-state index is 13.1. The number of amides is 3. The molecule has 3 amide bonds. The van der Waals surface area contributed by atoms with E-state index in [4.69, 9.17) is 0 Å². The van der Waals surface area contributed by atoms with Crippen LogP contribution in [-0.4, -0.2) is 47.8 Å². The van der Waals surface area contributed by atoms with Crippen molar-refractivity contribution < 1.29 is 14.4 Å². The number of rotatable bonds is 7. The molecule has 1 heterocycles. The van der Waals surface area contributed by atoms with Crippen molar-refractivity contribution in [2.75, 3.05) is 13.1 Å². The average molecular weight is 436 g/mol. The minimum absolute atomic E-state index is 0.00797. The molecule has 0 aromatic heterocycles. The molecule has 1 aliphatic rings. The van der Waals surface area contributed by atoms with Crippen LogP contribution >= 0.6 is 0 Å². The molecule has 32 heavy (non-hydrogen) atoms. The Morgan fingerprint density at radius 3 is 2.22 bits per heavy atom. The van der Waals surface area contributed by atoms with Crippen LogP contribution in [-0.2, 0) is 4.79 Å². The van der Waals surface area contributed by atoms with E-state index in [1.807, 2.05) is 74.2 Å². The van der Waals surface area contributed by atoms with E-state index >= 15 is 0 Å². The highest BCUT2D eigenvalue weighted by Gasteiger charge is 2.34. The number of benzene rings is 2. The van der Waals surface area contributed by atoms with Crippen molar-refractivity contribution in [3.63, 3.8) is 0 Å².